The molecule has 7 nitrogen and oxygen atoms in total. The summed E-state index contributed by atoms with van der Waals surface area (Å²) in [6.07, 6.45) is 1.89. The zero-order valence-corrected chi connectivity index (χ0v) is 17.8. The molecule has 0 saturated heterocycles. The van der Waals surface area contributed by atoms with Crippen LogP contribution in [0.4, 0.5) is 4.39 Å². The molecule has 28 heavy (non-hydrogen) atoms. The van der Waals surface area contributed by atoms with Crippen molar-refractivity contribution < 1.29 is 12.8 Å². The SMILES string of the molecule is CNC1=C(S(=O)(=O)c2ccc(F)c(Cl)c2)C2=NC(C)(C(C)(C)N)C=C(C)N2N1. The van der Waals surface area contributed by atoms with E-state index in [1.165, 1.54) is 6.07 Å². The summed E-state index contributed by atoms with van der Waals surface area (Å²) >= 11 is 5.81. The molecule has 0 saturated carbocycles. The second kappa shape index (κ2) is 6.47. The summed E-state index contributed by atoms with van der Waals surface area (Å²) in [5, 5.41) is 4.17. The van der Waals surface area contributed by atoms with Crippen molar-refractivity contribution in [1.82, 2.24) is 15.8 Å². The van der Waals surface area contributed by atoms with Crippen LogP contribution < -0.4 is 16.5 Å². The minimum Gasteiger partial charge on any atom is -0.372 e. The number of amidine groups is 1. The maximum absolute atomic E-state index is 13.5. The Bertz CT molecular complexity index is 1040. The number of allylic oxidation sites excluding steroid dienone is 1. The van der Waals surface area contributed by atoms with Gasteiger partial charge in [-0.25, -0.2) is 17.8 Å². The molecule has 4 N–H and O–H groups in total. The van der Waals surface area contributed by atoms with E-state index in [2.05, 4.69) is 10.7 Å². The van der Waals surface area contributed by atoms with Crippen molar-refractivity contribution in [3.63, 3.8) is 0 Å². The van der Waals surface area contributed by atoms with Gasteiger partial charge < -0.3 is 11.1 Å². The summed E-state index contributed by atoms with van der Waals surface area (Å²) in [6, 6.07) is 3.29. The first-order chi connectivity index (χ1) is 12.8. The number of halogens is 2. The van der Waals surface area contributed by atoms with Crippen molar-refractivity contribution in [2.75, 3.05) is 7.05 Å². The third-order valence-corrected chi connectivity index (χ3v) is 7.16. The Morgan fingerprint density at radius 2 is 2.04 bits per heavy atom. The fourth-order valence-electron chi connectivity index (χ4n) is 3.02. The van der Waals surface area contributed by atoms with Crippen LogP contribution in [0.2, 0.25) is 5.02 Å². The van der Waals surface area contributed by atoms with E-state index in [-0.39, 0.29) is 26.5 Å². The number of hydrazine groups is 1. The summed E-state index contributed by atoms with van der Waals surface area (Å²) in [6.45, 7) is 7.34. The van der Waals surface area contributed by atoms with Gasteiger partial charge in [-0.3, -0.25) is 10.4 Å². The second-order valence-electron chi connectivity index (χ2n) is 7.57. The molecule has 1 unspecified atom stereocenters. The Hall–Kier alpha value is -2.10. The number of sulfone groups is 1. The van der Waals surface area contributed by atoms with Gasteiger partial charge in [-0.15, -0.1) is 0 Å². The van der Waals surface area contributed by atoms with Gasteiger partial charge in [0.05, 0.1) is 15.5 Å². The molecule has 0 aromatic heterocycles. The number of hydrogen-bond donors (Lipinski definition) is 3. The molecule has 1 aromatic carbocycles. The monoisotopic (exact) mass is 427 g/mol. The van der Waals surface area contributed by atoms with Crippen LogP contribution in [-0.2, 0) is 9.84 Å². The lowest BCUT2D eigenvalue weighted by Gasteiger charge is -2.41. The van der Waals surface area contributed by atoms with E-state index >= 15 is 0 Å². The molecule has 0 aliphatic carbocycles. The average molecular weight is 428 g/mol. The summed E-state index contributed by atoms with van der Waals surface area (Å²) in [7, 11) is -2.47. The first kappa shape index (κ1) is 20.6. The molecule has 1 aromatic rings. The predicted octanol–water partition coefficient (Wildman–Crippen LogP) is 2.27. The zero-order valence-electron chi connectivity index (χ0n) is 16.3. The van der Waals surface area contributed by atoms with Crippen molar-refractivity contribution in [3.05, 3.63) is 51.5 Å². The van der Waals surface area contributed by atoms with Crippen molar-refractivity contribution >= 4 is 27.3 Å². The van der Waals surface area contributed by atoms with Crippen molar-refractivity contribution in [1.29, 1.82) is 0 Å². The average Bonchev–Trinajstić information content (AvgIpc) is 2.95. The Kier molecular flexibility index (Phi) is 4.76. The molecule has 10 heteroatoms. The number of fused-ring (bicyclic) bond motifs is 1. The highest BCUT2D eigenvalue weighted by molar-refractivity contribution is 7.96. The van der Waals surface area contributed by atoms with E-state index in [0.717, 1.165) is 17.8 Å². The van der Waals surface area contributed by atoms with E-state index in [0.29, 0.717) is 0 Å². The standard InChI is InChI=1S/C18H23ClFN5O2S/c1-10-9-18(4,17(2,3)21)23-16-14(15(22-5)24-25(10)16)28(26,27)11-6-7-13(20)12(19)8-11/h6-9,22,24H,21H2,1-5H3. The lowest BCUT2D eigenvalue weighted by Crippen LogP contribution is -2.56. The number of benzene rings is 1. The molecule has 2 aliphatic heterocycles. The van der Waals surface area contributed by atoms with Gasteiger partial charge in [-0.2, -0.15) is 0 Å². The number of rotatable bonds is 4. The molecule has 0 radical (unpaired) electrons. The van der Waals surface area contributed by atoms with E-state index < -0.39 is 26.7 Å². The second-order valence-corrected chi connectivity index (χ2v) is 9.86. The quantitative estimate of drug-likeness (QED) is 0.637. The van der Waals surface area contributed by atoms with Gasteiger partial charge in [0.1, 0.15) is 11.6 Å². The van der Waals surface area contributed by atoms with Crippen LogP contribution in [-0.4, -0.2) is 37.4 Å². The van der Waals surface area contributed by atoms with Crippen LogP contribution >= 0.6 is 11.6 Å². The number of nitrogens with zero attached hydrogens (tertiary/aromatic N) is 2. The highest BCUT2D eigenvalue weighted by atomic mass is 35.5. The lowest BCUT2D eigenvalue weighted by atomic mass is 9.81. The van der Waals surface area contributed by atoms with E-state index in [9.17, 15) is 12.8 Å². The van der Waals surface area contributed by atoms with Crippen molar-refractivity contribution in [3.8, 4) is 0 Å². The van der Waals surface area contributed by atoms with Crippen LogP contribution in [0, 0.1) is 5.82 Å². The Morgan fingerprint density at radius 1 is 1.39 bits per heavy atom. The largest absolute Gasteiger partial charge is 0.372 e. The van der Waals surface area contributed by atoms with E-state index in [1.54, 1.807) is 12.1 Å². The zero-order chi connectivity index (χ0) is 21.1. The summed E-state index contributed by atoms with van der Waals surface area (Å²) in [5.74, 6) is -0.224. The maximum Gasteiger partial charge on any atom is 0.214 e. The molecular formula is C18H23ClFN5O2S. The molecule has 2 aliphatic rings. The third-order valence-electron chi connectivity index (χ3n) is 5.07. The molecule has 3 rings (SSSR count). The van der Waals surface area contributed by atoms with E-state index in [1.807, 2.05) is 33.8 Å². The Balaban J connectivity index is 2.23. The van der Waals surface area contributed by atoms with Crippen molar-refractivity contribution in [2.24, 2.45) is 10.7 Å². The third kappa shape index (κ3) is 3.07. The molecule has 0 amide bonds. The molecule has 0 fully saturated rings. The normalized spacial score (nSPS) is 22.5. The topological polar surface area (TPSA) is 99.8 Å². The predicted molar refractivity (Wildman–Crippen MR) is 108 cm³/mol. The molecule has 2 heterocycles. The van der Waals surface area contributed by atoms with E-state index in [4.69, 9.17) is 22.3 Å². The highest BCUT2D eigenvalue weighted by Gasteiger charge is 2.46. The molecule has 0 bridgehead atoms. The maximum atomic E-state index is 13.5. The first-order valence-corrected chi connectivity index (χ1v) is 10.5. The van der Waals surface area contributed by atoms with Crippen molar-refractivity contribution in [2.45, 2.75) is 43.7 Å². The van der Waals surface area contributed by atoms with Crippen LogP contribution in [0.25, 0.3) is 0 Å². The minimum absolute atomic E-state index is 0.0550. The van der Waals surface area contributed by atoms with Gasteiger partial charge in [0.25, 0.3) is 0 Å². The number of nitrogens with one attached hydrogen (secondary N) is 2. The minimum atomic E-state index is -4.07. The first-order valence-electron chi connectivity index (χ1n) is 8.59. The van der Waals surface area contributed by atoms with Crippen LogP contribution in [0.15, 0.2) is 50.6 Å². The fourth-order valence-corrected chi connectivity index (χ4v) is 4.82. The molecule has 1 atom stereocenters. The van der Waals surface area contributed by atoms with Gasteiger partial charge in [0, 0.05) is 18.3 Å². The molecule has 0 spiro atoms. The van der Waals surface area contributed by atoms with Crippen LogP contribution in [0.1, 0.15) is 27.7 Å². The van der Waals surface area contributed by atoms with Gasteiger partial charge >= 0.3 is 0 Å². The van der Waals surface area contributed by atoms with Gasteiger partial charge in [0.2, 0.25) is 9.84 Å². The molecular weight excluding hydrogens is 405 g/mol. The van der Waals surface area contributed by atoms with Gasteiger partial charge in [-0.05, 0) is 52.0 Å². The van der Waals surface area contributed by atoms with Crippen LogP contribution in [0.5, 0.6) is 0 Å². The number of hydrogen-bond acceptors (Lipinski definition) is 7. The molecule has 152 valence electrons. The number of nitrogens with two attached hydrogens (primary N) is 1. The summed E-state index contributed by atoms with van der Waals surface area (Å²) in [4.78, 5) is 4.52. The van der Waals surface area contributed by atoms with Gasteiger partial charge in [-0.1, -0.05) is 11.6 Å². The van der Waals surface area contributed by atoms with Crippen LogP contribution in [0.3, 0.4) is 0 Å². The smallest absolute Gasteiger partial charge is 0.214 e. The Labute approximate surface area is 169 Å². The Morgan fingerprint density at radius 3 is 2.57 bits per heavy atom. The van der Waals surface area contributed by atoms with Gasteiger partial charge in [0.15, 0.2) is 10.7 Å². The fraction of sp³-hybridized carbons (Fsp3) is 0.389. The highest BCUT2D eigenvalue weighted by Crippen LogP contribution is 2.37. The number of aliphatic imine (C=N–C) groups is 1. The lowest BCUT2D eigenvalue weighted by molar-refractivity contribution is 0.316. The summed E-state index contributed by atoms with van der Waals surface area (Å²) < 4.78 is 40.4. The summed E-state index contributed by atoms with van der Waals surface area (Å²) in [5.41, 5.74) is 8.50.